The van der Waals surface area contributed by atoms with Gasteiger partial charge in [-0.2, -0.15) is 9.40 Å². The molecular formula is C13H14BrN3O2S. The molecule has 1 saturated heterocycles. The van der Waals surface area contributed by atoms with Gasteiger partial charge in [0.1, 0.15) is 0 Å². The van der Waals surface area contributed by atoms with E-state index in [9.17, 15) is 8.42 Å². The molecule has 0 saturated carbocycles. The molecule has 2 aromatic rings. The number of hydrogen-bond donors (Lipinski definition) is 1. The molecule has 0 aliphatic carbocycles. The molecule has 3 rings (SSSR count). The van der Waals surface area contributed by atoms with Crippen LogP contribution in [-0.4, -0.2) is 29.5 Å². The first kappa shape index (κ1) is 13.8. The lowest BCUT2D eigenvalue weighted by molar-refractivity contribution is 0.394. The third kappa shape index (κ3) is 2.41. The summed E-state index contributed by atoms with van der Waals surface area (Å²) in [7, 11) is -3.51. The number of rotatable bonds is 3. The quantitative estimate of drug-likeness (QED) is 0.920. The molecule has 20 heavy (non-hydrogen) atoms. The van der Waals surface area contributed by atoms with Gasteiger partial charge < -0.3 is 0 Å². The molecule has 1 fully saturated rings. The summed E-state index contributed by atoms with van der Waals surface area (Å²) in [4.78, 5) is 0. The van der Waals surface area contributed by atoms with Gasteiger partial charge in [-0.05, 0) is 36.6 Å². The SMILES string of the molecule is O=S(=O)(c1ccn[nH]1)N1CCCC1c1cccc(Br)c1. The van der Waals surface area contributed by atoms with E-state index >= 15 is 0 Å². The summed E-state index contributed by atoms with van der Waals surface area (Å²) >= 11 is 3.43. The Morgan fingerprint density at radius 1 is 1.35 bits per heavy atom. The second kappa shape index (κ2) is 5.31. The predicted molar refractivity (Wildman–Crippen MR) is 78.6 cm³/mol. The molecule has 1 unspecified atom stereocenters. The Hall–Kier alpha value is -1.18. The van der Waals surface area contributed by atoms with Crippen molar-refractivity contribution in [2.24, 2.45) is 0 Å². The average Bonchev–Trinajstić information content (AvgIpc) is 3.11. The van der Waals surface area contributed by atoms with Gasteiger partial charge in [0.25, 0.3) is 10.0 Å². The lowest BCUT2D eigenvalue weighted by Crippen LogP contribution is -2.31. The number of sulfonamides is 1. The topological polar surface area (TPSA) is 66.1 Å². The summed E-state index contributed by atoms with van der Waals surface area (Å²) in [6, 6.07) is 9.19. The van der Waals surface area contributed by atoms with Gasteiger partial charge in [0.2, 0.25) is 0 Å². The van der Waals surface area contributed by atoms with Gasteiger partial charge in [-0.1, -0.05) is 28.1 Å². The smallest absolute Gasteiger partial charge is 0.260 e. The van der Waals surface area contributed by atoms with E-state index in [1.54, 1.807) is 4.31 Å². The highest BCUT2D eigenvalue weighted by Crippen LogP contribution is 2.36. The summed E-state index contributed by atoms with van der Waals surface area (Å²) < 4.78 is 27.7. The Bertz CT molecular complexity index is 700. The van der Waals surface area contributed by atoms with Crippen LogP contribution in [0.1, 0.15) is 24.4 Å². The number of aromatic nitrogens is 2. The molecule has 1 atom stereocenters. The summed E-state index contributed by atoms with van der Waals surface area (Å²) in [6.07, 6.45) is 3.16. The first-order chi connectivity index (χ1) is 9.59. The van der Waals surface area contributed by atoms with Gasteiger partial charge in [-0.25, -0.2) is 8.42 Å². The number of aromatic amines is 1. The van der Waals surface area contributed by atoms with Crippen molar-refractivity contribution in [3.05, 3.63) is 46.6 Å². The number of benzene rings is 1. The fourth-order valence-corrected chi connectivity index (χ4v) is 4.59. The molecule has 0 radical (unpaired) electrons. The van der Waals surface area contributed by atoms with Crippen LogP contribution < -0.4 is 0 Å². The molecular weight excluding hydrogens is 342 g/mol. The van der Waals surface area contributed by atoms with Crippen LogP contribution in [0.15, 0.2) is 46.0 Å². The predicted octanol–water partition coefficient (Wildman–Crippen LogP) is 2.70. The normalized spacial score (nSPS) is 20.4. The Morgan fingerprint density at radius 2 is 2.20 bits per heavy atom. The second-order valence-corrected chi connectivity index (χ2v) is 7.52. The number of nitrogens with one attached hydrogen (secondary N) is 1. The minimum absolute atomic E-state index is 0.110. The highest BCUT2D eigenvalue weighted by atomic mass is 79.9. The molecule has 1 aliphatic rings. The Kier molecular flexibility index (Phi) is 3.66. The van der Waals surface area contributed by atoms with Crippen molar-refractivity contribution < 1.29 is 8.42 Å². The van der Waals surface area contributed by atoms with Crippen LogP contribution in [0, 0.1) is 0 Å². The van der Waals surface area contributed by atoms with E-state index in [0.717, 1.165) is 22.9 Å². The van der Waals surface area contributed by atoms with Crippen LogP contribution in [0.4, 0.5) is 0 Å². The van der Waals surface area contributed by atoms with Gasteiger partial charge in [-0.3, -0.25) is 5.10 Å². The largest absolute Gasteiger partial charge is 0.266 e. The number of nitrogens with zero attached hydrogens (tertiary/aromatic N) is 2. The maximum Gasteiger partial charge on any atom is 0.260 e. The summed E-state index contributed by atoms with van der Waals surface area (Å²) in [5.41, 5.74) is 1.01. The third-order valence-electron chi connectivity index (χ3n) is 3.50. The molecule has 1 aliphatic heterocycles. The zero-order valence-corrected chi connectivity index (χ0v) is 13.1. The van der Waals surface area contributed by atoms with E-state index in [1.165, 1.54) is 12.3 Å². The molecule has 0 spiro atoms. The van der Waals surface area contributed by atoms with E-state index in [0.29, 0.717) is 6.54 Å². The van der Waals surface area contributed by atoms with Gasteiger partial charge in [0.05, 0.1) is 12.2 Å². The molecule has 1 aromatic carbocycles. The van der Waals surface area contributed by atoms with Gasteiger partial charge in [0, 0.05) is 11.0 Å². The van der Waals surface area contributed by atoms with Crippen molar-refractivity contribution in [3.8, 4) is 0 Å². The maximum absolute atomic E-state index is 12.6. The summed E-state index contributed by atoms with van der Waals surface area (Å²) in [5.74, 6) is 0. The summed E-state index contributed by atoms with van der Waals surface area (Å²) in [6.45, 7) is 0.540. The number of halogens is 1. The minimum Gasteiger partial charge on any atom is -0.266 e. The molecule has 0 bridgehead atoms. The van der Waals surface area contributed by atoms with E-state index < -0.39 is 10.0 Å². The van der Waals surface area contributed by atoms with Crippen molar-refractivity contribution in [2.75, 3.05) is 6.54 Å². The first-order valence-electron chi connectivity index (χ1n) is 6.36. The van der Waals surface area contributed by atoms with Crippen molar-refractivity contribution in [2.45, 2.75) is 23.9 Å². The maximum atomic E-state index is 12.6. The Balaban J connectivity index is 1.98. The van der Waals surface area contributed by atoms with E-state index in [1.807, 2.05) is 24.3 Å². The molecule has 1 N–H and O–H groups in total. The zero-order valence-electron chi connectivity index (χ0n) is 10.7. The van der Waals surface area contributed by atoms with Crippen LogP contribution >= 0.6 is 15.9 Å². The highest BCUT2D eigenvalue weighted by Gasteiger charge is 2.36. The van der Waals surface area contributed by atoms with Crippen molar-refractivity contribution in [1.82, 2.24) is 14.5 Å². The minimum atomic E-state index is -3.51. The average molecular weight is 356 g/mol. The molecule has 5 nitrogen and oxygen atoms in total. The molecule has 7 heteroatoms. The molecule has 1 aromatic heterocycles. The second-order valence-electron chi connectivity index (χ2n) is 4.75. The van der Waals surface area contributed by atoms with Crippen molar-refractivity contribution in [3.63, 3.8) is 0 Å². The first-order valence-corrected chi connectivity index (χ1v) is 8.59. The van der Waals surface area contributed by atoms with Crippen LogP contribution in [0.3, 0.4) is 0 Å². The fraction of sp³-hybridized carbons (Fsp3) is 0.308. The van der Waals surface area contributed by atoms with Gasteiger partial charge >= 0.3 is 0 Å². The Labute approximate surface area is 126 Å². The fourth-order valence-electron chi connectivity index (χ4n) is 2.59. The molecule has 0 amide bonds. The molecule has 106 valence electrons. The van der Waals surface area contributed by atoms with Crippen LogP contribution in [0.2, 0.25) is 0 Å². The summed E-state index contributed by atoms with van der Waals surface area (Å²) in [5, 5.41) is 6.43. The van der Waals surface area contributed by atoms with Crippen molar-refractivity contribution in [1.29, 1.82) is 0 Å². The third-order valence-corrected chi connectivity index (χ3v) is 5.83. The van der Waals surface area contributed by atoms with E-state index in [4.69, 9.17) is 0 Å². The lowest BCUT2D eigenvalue weighted by atomic mass is 10.1. The van der Waals surface area contributed by atoms with Crippen molar-refractivity contribution >= 4 is 26.0 Å². The molecule has 2 heterocycles. The standard InChI is InChI=1S/C13H14BrN3O2S/c14-11-4-1-3-10(9-11)12-5-2-8-17(12)20(18,19)13-6-7-15-16-13/h1,3-4,6-7,9,12H,2,5,8H2,(H,15,16). The van der Waals surface area contributed by atoms with E-state index in [-0.39, 0.29) is 11.1 Å². The zero-order chi connectivity index (χ0) is 14.2. The van der Waals surface area contributed by atoms with E-state index in [2.05, 4.69) is 26.1 Å². The van der Waals surface area contributed by atoms with Gasteiger partial charge in [0.15, 0.2) is 5.03 Å². The van der Waals surface area contributed by atoms with Crippen LogP contribution in [-0.2, 0) is 10.0 Å². The Morgan fingerprint density at radius 3 is 2.90 bits per heavy atom. The number of hydrogen-bond acceptors (Lipinski definition) is 3. The lowest BCUT2D eigenvalue weighted by Gasteiger charge is -2.23. The van der Waals surface area contributed by atoms with Crippen LogP contribution in [0.25, 0.3) is 0 Å². The number of H-pyrrole nitrogens is 1. The highest BCUT2D eigenvalue weighted by molar-refractivity contribution is 9.10. The van der Waals surface area contributed by atoms with Crippen LogP contribution in [0.5, 0.6) is 0 Å². The van der Waals surface area contributed by atoms with Gasteiger partial charge in [-0.15, -0.1) is 0 Å². The monoisotopic (exact) mass is 355 g/mol.